The highest BCUT2D eigenvalue weighted by Gasteiger charge is 2.34. The van der Waals surface area contributed by atoms with Crippen molar-refractivity contribution >= 4 is 17.9 Å². The number of rotatable bonds is 11. The molecule has 0 aliphatic rings. The van der Waals surface area contributed by atoms with E-state index >= 15 is 0 Å². The van der Waals surface area contributed by atoms with Crippen LogP contribution in [0.2, 0.25) is 0 Å². The minimum Gasteiger partial charge on any atom is -0.508 e. The summed E-state index contributed by atoms with van der Waals surface area (Å²) >= 11 is 0. The fourth-order valence-corrected chi connectivity index (χ4v) is 3.70. The molecule has 196 valence electrons. The first-order valence-electron chi connectivity index (χ1n) is 12.4. The van der Waals surface area contributed by atoms with Crippen LogP contribution in [0, 0.1) is 0 Å². The summed E-state index contributed by atoms with van der Waals surface area (Å²) in [5.41, 5.74) is 0.784. The van der Waals surface area contributed by atoms with Crippen molar-refractivity contribution in [1.82, 2.24) is 15.5 Å². The molecule has 0 bridgehead atoms. The molecule has 3 N–H and O–H groups in total. The predicted molar refractivity (Wildman–Crippen MR) is 139 cm³/mol. The van der Waals surface area contributed by atoms with Gasteiger partial charge >= 0.3 is 6.09 Å². The summed E-state index contributed by atoms with van der Waals surface area (Å²) in [6.45, 7) is 9.50. The molecule has 0 aromatic heterocycles. The standard InChI is InChI=1S/C28H39N3O5/c1-6-7-11-18-31(26(34)20(2)30-27(35)36-28(3,4)5)24(22-14-16-23(32)17-15-22)25(33)29-19-21-12-9-8-10-13-21/h8-10,12-17,20,24,32H,6-7,11,18-19H2,1-5H3,(H,29,33)(H,30,35). The maximum Gasteiger partial charge on any atom is 0.408 e. The van der Waals surface area contributed by atoms with Crippen molar-refractivity contribution in [2.45, 2.75) is 78.1 Å². The van der Waals surface area contributed by atoms with Gasteiger partial charge in [-0.05, 0) is 57.4 Å². The molecular formula is C28H39N3O5. The van der Waals surface area contributed by atoms with E-state index in [0.29, 0.717) is 25.1 Å². The lowest BCUT2D eigenvalue weighted by Crippen LogP contribution is -2.52. The van der Waals surface area contributed by atoms with Gasteiger partial charge in [0.15, 0.2) is 0 Å². The third kappa shape index (κ3) is 9.24. The monoisotopic (exact) mass is 497 g/mol. The van der Waals surface area contributed by atoms with Gasteiger partial charge in [-0.2, -0.15) is 0 Å². The van der Waals surface area contributed by atoms with Gasteiger partial charge in [0.25, 0.3) is 0 Å². The predicted octanol–water partition coefficient (Wildman–Crippen LogP) is 4.68. The Balaban J connectivity index is 2.33. The third-order valence-corrected chi connectivity index (χ3v) is 5.47. The quantitative estimate of drug-likeness (QED) is 0.391. The van der Waals surface area contributed by atoms with Crippen molar-refractivity contribution in [3.05, 3.63) is 65.7 Å². The lowest BCUT2D eigenvalue weighted by atomic mass is 10.0. The summed E-state index contributed by atoms with van der Waals surface area (Å²) in [4.78, 5) is 41.0. The van der Waals surface area contributed by atoms with Gasteiger partial charge in [0.2, 0.25) is 11.8 Å². The normalized spacial score (nSPS) is 12.8. The Morgan fingerprint density at radius 1 is 1.00 bits per heavy atom. The van der Waals surface area contributed by atoms with E-state index in [0.717, 1.165) is 18.4 Å². The molecule has 2 rings (SSSR count). The summed E-state index contributed by atoms with van der Waals surface area (Å²) in [5.74, 6) is -0.685. The third-order valence-electron chi connectivity index (χ3n) is 5.47. The first-order chi connectivity index (χ1) is 17.0. The maximum atomic E-state index is 13.6. The second-order valence-electron chi connectivity index (χ2n) is 9.80. The van der Waals surface area contributed by atoms with Crippen LogP contribution in [0.4, 0.5) is 4.79 Å². The van der Waals surface area contributed by atoms with Gasteiger partial charge in [-0.1, -0.05) is 62.2 Å². The van der Waals surface area contributed by atoms with Crippen LogP contribution >= 0.6 is 0 Å². The fraction of sp³-hybridized carbons (Fsp3) is 0.464. The lowest BCUT2D eigenvalue weighted by molar-refractivity contribution is -0.142. The number of nitrogens with one attached hydrogen (secondary N) is 2. The smallest absolute Gasteiger partial charge is 0.408 e. The molecule has 0 spiro atoms. The number of unbranched alkanes of at least 4 members (excludes halogenated alkanes) is 2. The van der Waals surface area contributed by atoms with Crippen LogP contribution in [-0.4, -0.2) is 46.1 Å². The minimum atomic E-state index is -0.943. The average molecular weight is 498 g/mol. The summed E-state index contributed by atoms with van der Waals surface area (Å²) < 4.78 is 5.30. The van der Waals surface area contributed by atoms with E-state index < -0.39 is 29.7 Å². The van der Waals surface area contributed by atoms with Gasteiger partial charge in [0.1, 0.15) is 23.4 Å². The number of benzene rings is 2. The number of ether oxygens (including phenoxy) is 1. The molecule has 0 heterocycles. The zero-order valence-electron chi connectivity index (χ0n) is 21.9. The van der Waals surface area contributed by atoms with Gasteiger partial charge in [-0.15, -0.1) is 0 Å². The van der Waals surface area contributed by atoms with Gasteiger partial charge in [-0.3, -0.25) is 9.59 Å². The average Bonchev–Trinajstić information content (AvgIpc) is 2.82. The molecule has 8 nitrogen and oxygen atoms in total. The number of hydrogen-bond donors (Lipinski definition) is 3. The van der Waals surface area contributed by atoms with Gasteiger partial charge < -0.3 is 25.4 Å². The van der Waals surface area contributed by atoms with E-state index in [-0.39, 0.29) is 11.7 Å². The molecule has 2 aromatic carbocycles. The number of nitrogens with zero attached hydrogens (tertiary/aromatic N) is 1. The Labute approximate surface area is 214 Å². The summed E-state index contributed by atoms with van der Waals surface area (Å²) in [7, 11) is 0. The molecular weight excluding hydrogens is 458 g/mol. The van der Waals surface area contributed by atoms with Crippen LogP contribution in [0.1, 0.15) is 71.0 Å². The molecule has 2 unspecified atom stereocenters. The van der Waals surface area contributed by atoms with Crippen molar-refractivity contribution in [3.8, 4) is 5.75 Å². The van der Waals surface area contributed by atoms with Crippen LogP contribution < -0.4 is 10.6 Å². The van der Waals surface area contributed by atoms with E-state index in [4.69, 9.17) is 4.74 Å². The second kappa shape index (κ2) is 13.5. The van der Waals surface area contributed by atoms with Crippen molar-refractivity contribution in [2.75, 3.05) is 6.54 Å². The molecule has 0 radical (unpaired) electrons. The molecule has 0 fully saturated rings. The Morgan fingerprint density at radius 2 is 1.64 bits per heavy atom. The van der Waals surface area contributed by atoms with Crippen molar-refractivity contribution < 1.29 is 24.2 Å². The fourth-order valence-electron chi connectivity index (χ4n) is 3.70. The number of amides is 3. The molecule has 36 heavy (non-hydrogen) atoms. The van der Waals surface area contributed by atoms with Crippen LogP contribution in [-0.2, 0) is 20.9 Å². The highest BCUT2D eigenvalue weighted by molar-refractivity contribution is 5.92. The van der Waals surface area contributed by atoms with E-state index in [9.17, 15) is 19.5 Å². The molecule has 2 atom stereocenters. The summed E-state index contributed by atoms with van der Waals surface area (Å²) in [5, 5.41) is 15.3. The zero-order chi connectivity index (χ0) is 26.7. The lowest BCUT2D eigenvalue weighted by Gasteiger charge is -2.33. The molecule has 3 amide bonds. The SMILES string of the molecule is CCCCCN(C(=O)C(C)NC(=O)OC(C)(C)C)C(C(=O)NCc1ccccc1)c1ccc(O)cc1. The van der Waals surface area contributed by atoms with Crippen molar-refractivity contribution in [1.29, 1.82) is 0 Å². The first-order valence-corrected chi connectivity index (χ1v) is 12.4. The molecule has 8 heteroatoms. The molecule has 2 aromatic rings. The number of carbonyl (C=O) groups excluding carboxylic acids is 3. The van der Waals surface area contributed by atoms with Gasteiger partial charge in [0.05, 0.1) is 0 Å². The molecule has 0 aliphatic carbocycles. The topological polar surface area (TPSA) is 108 Å². The van der Waals surface area contributed by atoms with Crippen LogP contribution in [0.15, 0.2) is 54.6 Å². The van der Waals surface area contributed by atoms with Crippen LogP contribution in [0.25, 0.3) is 0 Å². The number of carbonyl (C=O) groups is 3. The van der Waals surface area contributed by atoms with Gasteiger partial charge in [0, 0.05) is 13.1 Å². The largest absolute Gasteiger partial charge is 0.508 e. The Kier molecular flexibility index (Phi) is 10.8. The van der Waals surface area contributed by atoms with Crippen LogP contribution in [0.3, 0.4) is 0 Å². The first kappa shape index (κ1) is 28.7. The number of hydrogen-bond acceptors (Lipinski definition) is 5. The molecule has 0 saturated heterocycles. The van der Waals surface area contributed by atoms with E-state index in [1.165, 1.54) is 17.0 Å². The number of phenols is 1. The van der Waals surface area contributed by atoms with Crippen molar-refractivity contribution in [2.24, 2.45) is 0 Å². The number of aromatic hydroxyl groups is 1. The molecule has 0 aliphatic heterocycles. The molecule has 0 saturated carbocycles. The maximum absolute atomic E-state index is 13.6. The summed E-state index contributed by atoms with van der Waals surface area (Å²) in [6, 6.07) is 13.9. The second-order valence-corrected chi connectivity index (χ2v) is 9.80. The van der Waals surface area contributed by atoms with Crippen molar-refractivity contribution in [3.63, 3.8) is 0 Å². The summed E-state index contributed by atoms with van der Waals surface area (Å²) in [6.07, 6.45) is 1.82. The minimum absolute atomic E-state index is 0.0611. The van der Waals surface area contributed by atoms with Crippen LogP contribution in [0.5, 0.6) is 5.75 Å². The Bertz CT molecular complexity index is 986. The highest BCUT2D eigenvalue weighted by atomic mass is 16.6. The zero-order valence-corrected chi connectivity index (χ0v) is 21.9. The van der Waals surface area contributed by atoms with E-state index in [2.05, 4.69) is 17.6 Å². The number of alkyl carbamates (subject to hydrolysis) is 1. The Morgan fingerprint density at radius 3 is 2.22 bits per heavy atom. The van der Waals surface area contributed by atoms with E-state index in [1.54, 1.807) is 39.8 Å². The Hall–Kier alpha value is -3.55. The highest BCUT2D eigenvalue weighted by Crippen LogP contribution is 2.25. The number of phenolic OH excluding ortho intramolecular Hbond substituents is 1. The van der Waals surface area contributed by atoms with E-state index in [1.807, 2.05) is 30.3 Å². The van der Waals surface area contributed by atoms with Gasteiger partial charge in [-0.25, -0.2) is 4.79 Å².